The molecule has 2 aromatic rings. The lowest BCUT2D eigenvalue weighted by Gasteiger charge is -2.10. The van der Waals surface area contributed by atoms with Crippen LogP contribution in [0.2, 0.25) is 0 Å². The van der Waals surface area contributed by atoms with Gasteiger partial charge in [-0.15, -0.1) is 0 Å². The third-order valence-electron chi connectivity index (χ3n) is 2.81. The van der Waals surface area contributed by atoms with Crippen LogP contribution in [0.25, 0.3) is 0 Å². The molecule has 0 N–H and O–H groups in total. The van der Waals surface area contributed by atoms with E-state index >= 15 is 0 Å². The zero-order valence-electron chi connectivity index (χ0n) is 10.1. The highest BCUT2D eigenvalue weighted by Crippen LogP contribution is 2.12. The fourth-order valence-corrected chi connectivity index (χ4v) is 1.84. The van der Waals surface area contributed by atoms with Crippen LogP contribution in [0.1, 0.15) is 11.4 Å². The number of hydrogen-bond acceptors (Lipinski definition) is 1. The topological polar surface area (TPSA) is 14.2 Å². The Labute approximate surface area is 101 Å². The van der Waals surface area contributed by atoms with Crippen LogP contribution >= 0.6 is 0 Å². The zero-order valence-corrected chi connectivity index (χ0v) is 10.1. The van der Waals surface area contributed by atoms with Crippen LogP contribution in [0.4, 0.5) is 4.39 Å². The van der Waals surface area contributed by atoms with E-state index in [1.165, 1.54) is 23.5 Å². The Morgan fingerprint density at radius 1 is 1.00 bits per heavy atom. The van der Waals surface area contributed by atoms with Gasteiger partial charge in [-0.05, 0) is 50.2 Å². The van der Waals surface area contributed by atoms with E-state index in [4.69, 9.17) is 4.74 Å². The van der Waals surface area contributed by atoms with Crippen molar-refractivity contribution in [1.82, 2.24) is 4.57 Å². The predicted molar refractivity (Wildman–Crippen MR) is 65.8 cm³/mol. The molecule has 0 aliphatic rings. The van der Waals surface area contributed by atoms with Crippen molar-refractivity contribution in [2.45, 2.75) is 20.4 Å². The molecule has 0 saturated heterocycles. The first kappa shape index (κ1) is 11.7. The summed E-state index contributed by atoms with van der Waals surface area (Å²) in [4.78, 5) is 0. The monoisotopic (exact) mass is 233 g/mol. The van der Waals surface area contributed by atoms with E-state index in [1.807, 2.05) is 0 Å². The molecule has 0 radical (unpaired) electrons. The largest absolute Gasteiger partial charge is 0.492 e. The Hall–Kier alpha value is -1.77. The summed E-state index contributed by atoms with van der Waals surface area (Å²) in [6, 6.07) is 10.3. The first-order chi connectivity index (χ1) is 8.16. The lowest BCUT2D eigenvalue weighted by molar-refractivity contribution is 0.296. The molecule has 1 heterocycles. The first-order valence-corrected chi connectivity index (χ1v) is 5.68. The summed E-state index contributed by atoms with van der Waals surface area (Å²) in [5, 5.41) is 0. The standard InChI is InChI=1S/C14H16FNO/c1-11-3-4-12(2)16(11)9-10-17-14-7-5-13(15)6-8-14/h3-8H,9-10H2,1-2H3. The SMILES string of the molecule is Cc1ccc(C)n1CCOc1ccc(F)cc1. The number of halogens is 1. The average molecular weight is 233 g/mol. The summed E-state index contributed by atoms with van der Waals surface area (Å²) in [6.07, 6.45) is 0. The molecule has 1 aromatic heterocycles. The van der Waals surface area contributed by atoms with Gasteiger partial charge in [0.15, 0.2) is 0 Å². The maximum atomic E-state index is 12.7. The zero-order chi connectivity index (χ0) is 12.3. The van der Waals surface area contributed by atoms with Gasteiger partial charge in [-0.2, -0.15) is 0 Å². The molecule has 0 saturated carbocycles. The van der Waals surface area contributed by atoms with Gasteiger partial charge < -0.3 is 9.30 Å². The number of hydrogen-bond donors (Lipinski definition) is 0. The molecule has 0 unspecified atom stereocenters. The van der Waals surface area contributed by atoms with Crippen LogP contribution < -0.4 is 4.74 Å². The smallest absolute Gasteiger partial charge is 0.123 e. The summed E-state index contributed by atoms with van der Waals surface area (Å²) >= 11 is 0. The van der Waals surface area contributed by atoms with Gasteiger partial charge >= 0.3 is 0 Å². The van der Waals surface area contributed by atoms with Crippen LogP contribution in [0.5, 0.6) is 5.75 Å². The van der Waals surface area contributed by atoms with Crippen molar-refractivity contribution in [3.8, 4) is 5.75 Å². The lowest BCUT2D eigenvalue weighted by atomic mass is 10.3. The van der Waals surface area contributed by atoms with E-state index in [-0.39, 0.29) is 5.82 Å². The van der Waals surface area contributed by atoms with Gasteiger partial charge in [0, 0.05) is 11.4 Å². The van der Waals surface area contributed by atoms with E-state index < -0.39 is 0 Å². The van der Waals surface area contributed by atoms with Crippen LogP contribution in [0.15, 0.2) is 36.4 Å². The minimum absolute atomic E-state index is 0.241. The number of nitrogens with zero attached hydrogens (tertiary/aromatic N) is 1. The van der Waals surface area contributed by atoms with Gasteiger partial charge in [-0.1, -0.05) is 0 Å². The summed E-state index contributed by atoms with van der Waals surface area (Å²) < 4.78 is 20.4. The first-order valence-electron chi connectivity index (χ1n) is 5.68. The molecular weight excluding hydrogens is 217 g/mol. The van der Waals surface area contributed by atoms with E-state index in [2.05, 4.69) is 30.5 Å². The second kappa shape index (κ2) is 5.04. The maximum absolute atomic E-state index is 12.7. The highest BCUT2D eigenvalue weighted by Gasteiger charge is 2.01. The van der Waals surface area contributed by atoms with Crippen molar-refractivity contribution in [2.75, 3.05) is 6.61 Å². The summed E-state index contributed by atoms with van der Waals surface area (Å²) in [6.45, 7) is 5.54. The Balaban J connectivity index is 1.90. The Bertz CT molecular complexity index is 468. The highest BCUT2D eigenvalue weighted by atomic mass is 19.1. The van der Waals surface area contributed by atoms with Crippen molar-refractivity contribution >= 4 is 0 Å². The summed E-state index contributed by atoms with van der Waals surface area (Å²) in [5.41, 5.74) is 2.45. The minimum Gasteiger partial charge on any atom is -0.492 e. The number of ether oxygens (including phenoxy) is 1. The van der Waals surface area contributed by atoms with Gasteiger partial charge in [0.05, 0.1) is 6.54 Å². The second-order valence-corrected chi connectivity index (χ2v) is 4.07. The number of aromatic nitrogens is 1. The normalized spacial score (nSPS) is 10.5. The summed E-state index contributed by atoms with van der Waals surface area (Å²) in [7, 11) is 0. The van der Waals surface area contributed by atoms with E-state index in [0.717, 1.165) is 6.54 Å². The van der Waals surface area contributed by atoms with Gasteiger partial charge in [-0.25, -0.2) is 4.39 Å². The second-order valence-electron chi connectivity index (χ2n) is 4.07. The van der Waals surface area contributed by atoms with Gasteiger partial charge in [0.25, 0.3) is 0 Å². The van der Waals surface area contributed by atoms with Crippen molar-refractivity contribution in [3.05, 3.63) is 53.6 Å². The average Bonchev–Trinajstić information content (AvgIpc) is 2.63. The van der Waals surface area contributed by atoms with Crippen molar-refractivity contribution in [3.63, 3.8) is 0 Å². The molecule has 90 valence electrons. The van der Waals surface area contributed by atoms with Crippen molar-refractivity contribution < 1.29 is 9.13 Å². The van der Waals surface area contributed by atoms with Crippen LogP contribution in [-0.4, -0.2) is 11.2 Å². The molecule has 0 aliphatic heterocycles. The molecule has 0 bridgehead atoms. The molecule has 1 aromatic carbocycles. The molecule has 17 heavy (non-hydrogen) atoms. The highest BCUT2D eigenvalue weighted by molar-refractivity contribution is 5.22. The molecule has 3 heteroatoms. The fraction of sp³-hybridized carbons (Fsp3) is 0.286. The molecule has 0 aliphatic carbocycles. The fourth-order valence-electron chi connectivity index (χ4n) is 1.84. The van der Waals surface area contributed by atoms with Crippen LogP contribution in [-0.2, 0) is 6.54 Å². The molecule has 0 amide bonds. The quantitative estimate of drug-likeness (QED) is 0.790. The third-order valence-corrected chi connectivity index (χ3v) is 2.81. The Morgan fingerprint density at radius 3 is 2.18 bits per heavy atom. The predicted octanol–water partition coefficient (Wildman–Crippen LogP) is 3.32. The Kier molecular flexibility index (Phi) is 3.47. The molecule has 0 atom stereocenters. The number of aryl methyl sites for hydroxylation is 2. The van der Waals surface area contributed by atoms with E-state index in [0.29, 0.717) is 12.4 Å². The number of benzene rings is 1. The molecule has 2 rings (SSSR count). The third kappa shape index (κ3) is 2.87. The Morgan fingerprint density at radius 2 is 1.59 bits per heavy atom. The molecule has 0 spiro atoms. The van der Waals surface area contributed by atoms with Crippen molar-refractivity contribution in [1.29, 1.82) is 0 Å². The van der Waals surface area contributed by atoms with Crippen molar-refractivity contribution in [2.24, 2.45) is 0 Å². The minimum atomic E-state index is -0.241. The molecular formula is C14H16FNO. The van der Waals surface area contributed by atoms with Gasteiger partial charge in [0.1, 0.15) is 18.2 Å². The van der Waals surface area contributed by atoms with Crippen LogP contribution in [0, 0.1) is 19.7 Å². The molecule has 0 fully saturated rings. The van der Waals surface area contributed by atoms with Gasteiger partial charge in [-0.3, -0.25) is 0 Å². The molecule has 2 nitrogen and oxygen atoms in total. The van der Waals surface area contributed by atoms with E-state index in [9.17, 15) is 4.39 Å². The van der Waals surface area contributed by atoms with Crippen LogP contribution in [0.3, 0.4) is 0 Å². The lowest BCUT2D eigenvalue weighted by Crippen LogP contribution is -2.10. The van der Waals surface area contributed by atoms with Gasteiger partial charge in [0.2, 0.25) is 0 Å². The summed E-state index contributed by atoms with van der Waals surface area (Å²) in [5.74, 6) is 0.461. The van der Waals surface area contributed by atoms with E-state index in [1.54, 1.807) is 12.1 Å². The number of rotatable bonds is 4. The maximum Gasteiger partial charge on any atom is 0.123 e.